The van der Waals surface area contributed by atoms with Crippen molar-refractivity contribution in [2.75, 3.05) is 0 Å². The molecular formula is C14H10Cl3F. The molecule has 0 radical (unpaired) electrons. The second-order valence-electron chi connectivity index (χ2n) is 3.97. The van der Waals surface area contributed by atoms with Gasteiger partial charge in [-0.05, 0) is 36.2 Å². The van der Waals surface area contributed by atoms with E-state index in [-0.39, 0.29) is 5.82 Å². The van der Waals surface area contributed by atoms with Crippen molar-refractivity contribution in [3.63, 3.8) is 0 Å². The van der Waals surface area contributed by atoms with Crippen LogP contribution in [0.3, 0.4) is 0 Å². The molecule has 2 aromatic carbocycles. The van der Waals surface area contributed by atoms with Gasteiger partial charge in [0.1, 0.15) is 5.82 Å². The molecule has 2 aromatic rings. The number of hydrogen-bond donors (Lipinski definition) is 0. The lowest BCUT2D eigenvalue weighted by molar-refractivity contribution is 0.606. The first-order valence-electron chi connectivity index (χ1n) is 5.40. The van der Waals surface area contributed by atoms with Crippen molar-refractivity contribution >= 4 is 34.8 Å². The number of rotatable bonds is 3. The third kappa shape index (κ3) is 3.38. The molecule has 0 amide bonds. The molecule has 0 nitrogen and oxygen atoms in total. The van der Waals surface area contributed by atoms with E-state index in [9.17, 15) is 4.39 Å². The maximum Gasteiger partial charge on any atom is 0.129 e. The third-order valence-electron chi connectivity index (χ3n) is 2.60. The lowest BCUT2D eigenvalue weighted by Gasteiger charge is -2.11. The van der Waals surface area contributed by atoms with Gasteiger partial charge in [0.15, 0.2) is 0 Å². The summed E-state index contributed by atoms with van der Waals surface area (Å²) in [4.78, 5) is 0. The predicted molar refractivity (Wildman–Crippen MR) is 75.2 cm³/mol. The number of halogens is 4. The van der Waals surface area contributed by atoms with E-state index in [1.54, 1.807) is 18.2 Å². The summed E-state index contributed by atoms with van der Waals surface area (Å²) in [6.07, 6.45) is 0.515. The Morgan fingerprint density at radius 3 is 2.39 bits per heavy atom. The van der Waals surface area contributed by atoms with Crippen molar-refractivity contribution in [1.29, 1.82) is 0 Å². The largest absolute Gasteiger partial charge is 0.207 e. The Hall–Kier alpha value is -0.760. The maximum atomic E-state index is 13.7. The molecule has 0 aromatic heterocycles. The fourth-order valence-electron chi connectivity index (χ4n) is 1.74. The fraction of sp³-hybridized carbons (Fsp3) is 0.143. The highest BCUT2D eigenvalue weighted by atomic mass is 35.5. The molecular weight excluding hydrogens is 294 g/mol. The van der Waals surface area contributed by atoms with Crippen molar-refractivity contribution in [2.45, 2.75) is 11.8 Å². The van der Waals surface area contributed by atoms with Gasteiger partial charge in [0.25, 0.3) is 0 Å². The maximum absolute atomic E-state index is 13.7. The van der Waals surface area contributed by atoms with Crippen LogP contribution in [0.15, 0.2) is 42.5 Å². The average Bonchev–Trinajstić information content (AvgIpc) is 2.28. The first-order chi connectivity index (χ1) is 8.56. The first-order valence-corrected chi connectivity index (χ1v) is 6.59. The van der Waals surface area contributed by atoms with Crippen LogP contribution in [0.25, 0.3) is 0 Å². The van der Waals surface area contributed by atoms with Crippen LogP contribution in [0, 0.1) is 5.82 Å². The van der Waals surface area contributed by atoms with Crippen molar-refractivity contribution in [3.05, 3.63) is 69.5 Å². The van der Waals surface area contributed by atoms with Gasteiger partial charge < -0.3 is 0 Å². The van der Waals surface area contributed by atoms with E-state index < -0.39 is 5.38 Å². The van der Waals surface area contributed by atoms with Crippen LogP contribution >= 0.6 is 34.8 Å². The molecule has 1 unspecified atom stereocenters. The Morgan fingerprint density at radius 1 is 1.00 bits per heavy atom. The van der Waals surface area contributed by atoms with E-state index in [4.69, 9.17) is 34.8 Å². The van der Waals surface area contributed by atoms with Gasteiger partial charge in [-0.15, -0.1) is 11.6 Å². The van der Waals surface area contributed by atoms with E-state index in [0.29, 0.717) is 22.0 Å². The van der Waals surface area contributed by atoms with Crippen LogP contribution in [0.1, 0.15) is 16.5 Å². The van der Waals surface area contributed by atoms with Crippen LogP contribution in [-0.4, -0.2) is 0 Å². The van der Waals surface area contributed by atoms with Crippen LogP contribution in [0.5, 0.6) is 0 Å². The molecule has 0 N–H and O–H groups in total. The standard InChI is InChI=1S/C14H10Cl3F/c15-10-3-1-2-9(6-10)7-13(17)12-5-4-11(16)8-14(12)18/h1-6,8,13H,7H2. The predicted octanol–water partition coefficient (Wildman–Crippen LogP) is 5.66. The second kappa shape index (κ2) is 5.92. The monoisotopic (exact) mass is 302 g/mol. The molecule has 0 aliphatic carbocycles. The molecule has 0 bridgehead atoms. The topological polar surface area (TPSA) is 0 Å². The van der Waals surface area contributed by atoms with Crippen LogP contribution in [0.2, 0.25) is 10.0 Å². The Morgan fingerprint density at radius 2 is 1.72 bits per heavy atom. The van der Waals surface area contributed by atoms with Gasteiger partial charge in [0.2, 0.25) is 0 Å². The Bertz CT molecular complexity index is 554. The van der Waals surface area contributed by atoms with E-state index in [1.165, 1.54) is 6.07 Å². The molecule has 1 atom stereocenters. The summed E-state index contributed by atoms with van der Waals surface area (Å²) in [6, 6.07) is 11.9. The quantitative estimate of drug-likeness (QED) is 0.642. The van der Waals surface area contributed by atoms with Crippen molar-refractivity contribution in [2.24, 2.45) is 0 Å². The summed E-state index contributed by atoms with van der Waals surface area (Å²) >= 11 is 17.8. The third-order valence-corrected chi connectivity index (χ3v) is 3.46. The summed E-state index contributed by atoms with van der Waals surface area (Å²) in [5, 5.41) is 0.566. The normalized spacial score (nSPS) is 12.4. The van der Waals surface area contributed by atoms with Crippen molar-refractivity contribution in [3.8, 4) is 0 Å². The lowest BCUT2D eigenvalue weighted by Crippen LogP contribution is -1.99. The van der Waals surface area contributed by atoms with Crippen molar-refractivity contribution < 1.29 is 4.39 Å². The first kappa shape index (κ1) is 13.7. The molecule has 0 fully saturated rings. The lowest BCUT2D eigenvalue weighted by atomic mass is 10.0. The summed E-state index contributed by atoms with van der Waals surface area (Å²) in [5.41, 5.74) is 1.41. The number of benzene rings is 2. The molecule has 94 valence electrons. The van der Waals surface area contributed by atoms with Gasteiger partial charge in [-0.2, -0.15) is 0 Å². The average molecular weight is 304 g/mol. The SMILES string of the molecule is Fc1cc(Cl)ccc1C(Cl)Cc1cccc(Cl)c1. The smallest absolute Gasteiger partial charge is 0.129 e. The minimum atomic E-state index is -0.444. The number of alkyl halides is 1. The Balaban J connectivity index is 2.19. The summed E-state index contributed by atoms with van der Waals surface area (Å²) in [7, 11) is 0. The van der Waals surface area contributed by atoms with E-state index >= 15 is 0 Å². The van der Waals surface area contributed by atoms with Crippen molar-refractivity contribution in [1.82, 2.24) is 0 Å². The van der Waals surface area contributed by atoms with Gasteiger partial charge >= 0.3 is 0 Å². The van der Waals surface area contributed by atoms with Crippen LogP contribution < -0.4 is 0 Å². The molecule has 0 saturated heterocycles. The molecule has 0 aliphatic rings. The molecule has 0 aliphatic heterocycles. The summed E-state index contributed by atoms with van der Waals surface area (Å²) in [6.45, 7) is 0. The van der Waals surface area contributed by atoms with Gasteiger partial charge in [0, 0.05) is 15.6 Å². The second-order valence-corrected chi connectivity index (χ2v) is 5.37. The summed E-state index contributed by atoms with van der Waals surface area (Å²) < 4.78 is 13.7. The zero-order valence-electron chi connectivity index (χ0n) is 9.34. The minimum Gasteiger partial charge on any atom is -0.207 e. The molecule has 4 heteroatoms. The highest BCUT2D eigenvalue weighted by molar-refractivity contribution is 6.31. The zero-order chi connectivity index (χ0) is 13.1. The molecule has 0 saturated carbocycles. The van der Waals surface area contributed by atoms with E-state index in [0.717, 1.165) is 5.56 Å². The van der Waals surface area contributed by atoms with E-state index in [2.05, 4.69) is 0 Å². The van der Waals surface area contributed by atoms with Gasteiger partial charge in [-0.1, -0.05) is 41.4 Å². The molecule has 0 spiro atoms. The molecule has 18 heavy (non-hydrogen) atoms. The highest BCUT2D eigenvalue weighted by Crippen LogP contribution is 2.29. The molecule has 2 rings (SSSR count). The van der Waals surface area contributed by atoms with Gasteiger partial charge in [0.05, 0.1) is 5.38 Å². The summed E-state index contributed by atoms with van der Waals surface area (Å²) in [5.74, 6) is -0.385. The van der Waals surface area contributed by atoms with E-state index in [1.807, 2.05) is 18.2 Å². The van der Waals surface area contributed by atoms with Crippen LogP contribution in [0.4, 0.5) is 4.39 Å². The zero-order valence-corrected chi connectivity index (χ0v) is 11.6. The highest BCUT2D eigenvalue weighted by Gasteiger charge is 2.14. The fourth-order valence-corrected chi connectivity index (χ4v) is 2.46. The van der Waals surface area contributed by atoms with Gasteiger partial charge in [-0.25, -0.2) is 4.39 Å². The number of hydrogen-bond acceptors (Lipinski definition) is 0. The Kier molecular flexibility index (Phi) is 4.50. The minimum absolute atomic E-state index is 0.364. The van der Waals surface area contributed by atoms with Crippen LogP contribution in [-0.2, 0) is 6.42 Å². The molecule has 0 heterocycles. The Labute approximate surface area is 120 Å². The van der Waals surface area contributed by atoms with Gasteiger partial charge in [-0.3, -0.25) is 0 Å².